The summed E-state index contributed by atoms with van der Waals surface area (Å²) < 4.78 is 0. The number of thiazole rings is 1. The first-order chi connectivity index (χ1) is 12.5. The molecule has 0 saturated heterocycles. The van der Waals surface area contributed by atoms with E-state index in [1.54, 1.807) is 23.3 Å². The summed E-state index contributed by atoms with van der Waals surface area (Å²) in [5, 5.41) is 3.07. The van der Waals surface area contributed by atoms with Gasteiger partial charge >= 0.3 is 0 Å². The number of rotatable bonds is 5. The lowest BCUT2D eigenvalue weighted by Crippen LogP contribution is -2.27. The highest BCUT2D eigenvalue weighted by Gasteiger charge is 2.20. The Morgan fingerprint density at radius 3 is 2.62 bits per heavy atom. The summed E-state index contributed by atoms with van der Waals surface area (Å²) in [5.74, 6) is 0.358. The molecule has 2 heterocycles. The SMILES string of the molecule is CC(C)c1nc(CN(C)C(=O)c2cnc(N)nc2-c2ccccc2)cs1. The number of hydrogen-bond acceptors (Lipinski definition) is 6. The molecule has 3 aromatic rings. The predicted octanol–water partition coefficient (Wildman–Crippen LogP) is 3.58. The zero-order valence-electron chi connectivity index (χ0n) is 15.0. The second kappa shape index (κ2) is 7.61. The molecule has 2 aromatic heterocycles. The fourth-order valence-corrected chi connectivity index (χ4v) is 3.38. The third-order valence-corrected chi connectivity index (χ3v) is 5.09. The maximum Gasteiger partial charge on any atom is 0.257 e. The van der Waals surface area contributed by atoms with Crippen molar-refractivity contribution in [2.45, 2.75) is 26.3 Å². The van der Waals surface area contributed by atoms with E-state index in [9.17, 15) is 4.79 Å². The van der Waals surface area contributed by atoms with Gasteiger partial charge in [-0.25, -0.2) is 15.0 Å². The number of carbonyl (C=O) groups excluding carboxylic acids is 1. The first-order valence-electron chi connectivity index (χ1n) is 8.33. The lowest BCUT2D eigenvalue weighted by molar-refractivity contribution is 0.0783. The number of hydrogen-bond donors (Lipinski definition) is 1. The lowest BCUT2D eigenvalue weighted by atomic mass is 10.1. The van der Waals surface area contributed by atoms with Gasteiger partial charge in [-0.2, -0.15) is 0 Å². The minimum Gasteiger partial charge on any atom is -0.368 e. The van der Waals surface area contributed by atoms with Gasteiger partial charge in [0.1, 0.15) is 0 Å². The van der Waals surface area contributed by atoms with Crippen molar-refractivity contribution >= 4 is 23.2 Å². The highest BCUT2D eigenvalue weighted by atomic mass is 32.1. The van der Waals surface area contributed by atoms with E-state index in [4.69, 9.17) is 5.73 Å². The molecular formula is C19H21N5OS. The Kier molecular flexibility index (Phi) is 5.27. The Balaban J connectivity index is 1.87. The Labute approximate surface area is 156 Å². The van der Waals surface area contributed by atoms with E-state index >= 15 is 0 Å². The Morgan fingerprint density at radius 2 is 1.96 bits per heavy atom. The normalized spacial score (nSPS) is 10.9. The van der Waals surface area contributed by atoms with E-state index in [-0.39, 0.29) is 11.9 Å². The largest absolute Gasteiger partial charge is 0.368 e. The summed E-state index contributed by atoms with van der Waals surface area (Å²) in [6.07, 6.45) is 1.49. The monoisotopic (exact) mass is 367 g/mol. The fraction of sp³-hybridized carbons (Fsp3) is 0.263. The van der Waals surface area contributed by atoms with Crippen molar-refractivity contribution in [1.82, 2.24) is 19.9 Å². The number of anilines is 1. The predicted molar refractivity (Wildman–Crippen MR) is 104 cm³/mol. The minimum absolute atomic E-state index is 0.143. The van der Waals surface area contributed by atoms with Crippen molar-refractivity contribution in [3.8, 4) is 11.3 Å². The van der Waals surface area contributed by atoms with Gasteiger partial charge in [-0.1, -0.05) is 44.2 Å². The van der Waals surface area contributed by atoms with Crippen LogP contribution in [-0.4, -0.2) is 32.8 Å². The smallest absolute Gasteiger partial charge is 0.257 e. The van der Waals surface area contributed by atoms with Crippen LogP contribution in [0.1, 0.15) is 40.8 Å². The number of nitrogens with two attached hydrogens (primary N) is 1. The van der Waals surface area contributed by atoms with Crippen LogP contribution in [0.25, 0.3) is 11.3 Å². The number of benzene rings is 1. The van der Waals surface area contributed by atoms with E-state index in [1.165, 1.54) is 6.20 Å². The third kappa shape index (κ3) is 3.88. The molecule has 1 aromatic carbocycles. The van der Waals surface area contributed by atoms with Gasteiger partial charge in [-0.15, -0.1) is 11.3 Å². The molecule has 7 heteroatoms. The third-order valence-electron chi connectivity index (χ3n) is 3.89. The van der Waals surface area contributed by atoms with E-state index < -0.39 is 0 Å². The molecule has 0 saturated carbocycles. The first kappa shape index (κ1) is 18.0. The van der Waals surface area contributed by atoms with Crippen LogP contribution in [0.4, 0.5) is 5.95 Å². The molecule has 0 aliphatic rings. The first-order valence-corrected chi connectivity index (χ1v) is 9.21. The lowest BCUT2D eigenvalue weighted by Gasteiger charge is -2.17. The van der Waals surface area contributed by atoms with Crippen LogP contribution in [0, 0.1) is 0 Å². The van der Waals surface area contributed by atoms with Gasteiger partial charge in [0.25, 0.3) is 5.91 Å². The molecular weight excluding hydrogens is 346 g/mol. The van der Waals surface area contributed by atoms with Crippen LogP contribution in [0.3, 0.4) is 0 Å². The van der Waals surface area contributed by atoms with Gasteiger partial charge in [0.05, 0.1) is 28.5 Å². The summed E-state index contributed by atoms with van der Waals surface area (Å²) in [4.78, 5) is 27.5. The Bertz CT molecular complexity index is 907. The molecule has 2 N–H and O–H groups in total. The van der Waals surface area contributed by atoms with Gasteiger partial charge in [0, 0.05) is 30.1 Å². The Hall–Kier alpha value is -2.80. The van der Waals surface area contributed by atoms with E-state index in [2.05, 4.69) is 28.8 Å². The van der Waals surface area contributed by atoms with Gasteiger partial charge < -0.3 is 10.6 Å². The minimum atomic E-state index is -0.164. The molecule has 134 valence electrons. The summed E-state index contributed by atoms with van der Waals surface area (Å²) in [5.41, 5.74) is 8.41. The topological polar surface area (TPSA) is 85.0 Å². The summed E-state index contributed by atoms with van der Waals surface area (Å²) in [6, 6.07) is 9.50. The van der Waals surface area contributed by atoms with Crippen LogP contribution < -0.4 is 5.73 Å². The molecule has 0 unspecified atom stereocenters. The van der Waals surface area contributed by atoms with Gasteiger partial charge in [-0.3, -0.25) is 4.79 Å². The highest BCUT2D eigenvalue weighted by Crippen LogP contribution is 2.24. The maximum absolute atomic E-state index is 13.0. The zero-order valence-corrected chi connectivity index (χ0v) is 15.8. The molecule has 1 amide bonds. The summed E-state index contributed by atoms with van der Waals surface area (Å²) in [6.45, 7) is 4.64. The van der Waals surface area contributed by atoms with Crippen molar-refractivity contribution in [3.05, 3.63) is 58.2 Å². The van der Waals surface area contributed by atoms with Crippen molar-refractivity contribution in [2.24, 2.45) is 0 Å². The van der Waals surface area contributed by atoms with Gasteiger partial charge in [-0.05, 0) is 0 Å². The standard InChI is InChI=1S/C19H21N5OS/c1-12(2)17-22-14(11-26-17)10-24(3)18(25)15-9-21-19(20)23-16(15)13-7-5-4-6-8-13/h4-9,11-12H,10H2,1-3H3,(H2,20,21,23). The van der Waals surface area contributed by atoms with Crippen molar-refractivity contribution in [1.29, 1.82) is 0 Å². The van der Waals surface area contributed by atoms with Crippen molar-refractivity contribution in [2.75, 3.05) is 12.8 Å². The second-order valence-electron chi connectivity index (χ2n) is 6.35. The van der Waals surface area contributed by atoms with E-state index in [0.29, 0.717) is 23.7 Å². The van der Waals surface area contributed by atoms with Crippen LogP contribution >= 0.6 is 11.3 Å². The number of carbonyl (C=O) groups is 1. The van der Waals surface area contributed by atoms with E-state index in [1.807, 2.05) is 35.7 Å². The second-order valence-corrected chi connectivity index (χ2v) is 7.24. The molecule has 6 nitrogen and oxygen atoms in total. The maximum atomic E-state index is 13.0. The van der Waals surface area contributed by atoms with Crippen LogP contribution in [-0.2, 0) is 6.54 Å². The average molecular weight is 367 g/mol. The number of aromatic nitrogens is 3. The molecule has 0 bridgehead atoms. The fourth-order valence-electron chi connectivity index (χ4n) is 2.55. The summed E-state index contributed by atoms with van der Waals surface area (Å²) in [7, 11) is 1.75. The van der Waals surface area contributed by atoms with Gasteiger partial charge in [0.2, 0.25) is 5.95 Å². The number of nitrogens with zero attached hydrogens (tertiary/aromatic N) is 4. The molecule has 0 atom stereocenters. The van der Waals surface area contributed by atoms with Crippen molar-refractivity contribution in [3.63, 3.8) is 0 Å². The molecule has 0 aliphatic heterocycles. The van der Waals surface area contributed by atoms with Gasteiger partial charge in [0.15, 0.2) is 0 Å². The molecule has 3 rings (SSSR count). The molecule has 26 heavy (non-hydrogen) atoms. The van der Waals surface area contributed by atoms with Crippen LogP contribution in [0.15, 0.2) is 41.9 Å². The van der Waals surface area contributed by atoms with Crippen molar-refractivity contribution < 1.29 is 4.79 Å². The quantitative estimate of drug-likeness (QED) is 0.745. The molecule has 0 spiro atoms. The highest BCUT2D eigenvalue weighted by molar-refractivity contribution is 7.09. The van der Waals surface area contributed by atoms with Crippen LogP contribution in [0.2, 0.25) is 0 Å². The van der Waals surface area contributed by atoms with E-state index in [0.717, 1.165) is 16.3 Å². The number of nitrogen functional groups attached to an aromatic ring is 1. The number of amides is 1. The molecule has 0 fully saturated rings. The zero-order chi connectivity index (χ0) is 18.7. The van der Waals surface area contributed by atoms with Crippen LogP contribution in [0.5, 0.6) is 0 Å². The average Bonchev–Trinajstić information content (AvgIpc) is 3.10. The Morgan fingerprint density at radius 1 is 1.23 bits per heavy atom. The summed E-state index contributed by atoms with van der Waals surface area (Å²) >= 11 is 1.62. The molecule has 0 aliphatic carbocycles. The molecule has 0 radical (unpaired) electrons.